The average Bonchev–Trinajstić information content (AvgIpc) is 3.46. The Kier molecular flexibility index (Phi) is 4.58. The summed E-state index contributed by atoms with van der Waals surface area (Å²) in [6, 6.07) is 2.45. The molecule has 0 atom stereocenters. The molecular weight excluding hydrogens is 388 g/mol. The van der Waals surface area contributed by atoms with Gasteiger partial charge in [-0.2, -0.15) is 0 Å². The van der Waals surface area contributed by atoms with Crippen LogP contribution in [0.2, 0.25) is 0 Å². The molecule has 1 saturated heterocycles. The molecule has 1 saturated carbocycles. The highest BCUT2D eigenvalue weighted by Crippen LogP contribution is 2.47. The molecule has 1 aliphatic carbocycles. The number of amides is 1. The van der Waals surface area contributed by atoms with Crippen molar-refractivity contribution < 1.29 is 27.9 Å². The Hall–Kier alpha value is -2.20. The number of ether oxygens (including phenoxy) is 1. The fourth-order valence-electron chi connectivity index (χ4n) is 4.14. The van der Waals surface area contributed by atoms with Crippen molar-refractivity contribution in [3.05, 3.63) is 33.7 Å². The monoisotopic (exact) mass is 410 g/mol. The third-order valence-corrected chi connectivity index (χ3v) is 9.10. The smallest absolute Gasteiger partial charge is 0.341 e. The Bertz CT molecular complexity index is 988. The van der Waals surface area contributed by atoms with Gasteiger partial charge in [-0.25, -0.2) is 13.2 Å². The molecule has 1 aromatic heterocycles. The summed E-state index contributed by atoms with van der Waals surface area (Å²) in [5.74, 6) is -1.77. The van der Waals surface area contributed by atoms with Crippen molar-refractivity contribution >= 4 is 21.7 Å². The lowest BCUT2D eigenvalue weighted by molar-refractivity contribution is 0.0670. The van der Waals surface area contributed by atoms with E-state index in [-0.39, 0.29) is 30.9 Å². The number of carbonyl (C=O) groups is 2. The number of carboxylic acids is 1. The normalized spacial score (nSPS) is 22.0. The van der Waals surface area contributed by atoms with Gasteiger partial charge in [0.05, 0.1) is 10.00 Å². The fraction of sp³-hybridized carbons (Fsp3) is 0.611. The maximum Gasteiger partial charge on any atom is 0.341 e. The number of fused-ring (bicyclic) bond motifs is 1. The van der Waals surface area contributed by atoms with Gasteiger partial charge in [0, 0.05) is 32.8 Å². The van der Waals surface area contributed by atoms with Gasteiger partial charge in [-0.15, -0.1) is 0 Å². The number of rotatable bonds is 5. The lowest BCUT2D eigenvalue weighted by Crippen LogP contribution is -2.51. The number of carbonyl (C=O) groups excluding carboxylic acids is 1. The second kappa shape index (κ2) is 6.70. The van der Waals surface area contributed by atoms with Crippen molar-refractivity contribution in [3.8, 4) is 0 Å². The first kappa shape index (κ1) is 19.1. The van der Waals surface area contributed by atoms with Crippen LogP contribution in [0.5, 0.6) is 0 Å². The Morgan fingerprint density at radius 1 is 1.18 bits per heavy atom. The van der Waals surface area contributed by atoms with E-state index in [1.165, 1.54) is 11.0 Å². The van der Waals surface area contributed by atoms with E-state index >= 15 is 0 Å². The Morgan fingerprint density at radius 3 is 2.46 bits per heavy atom. The van der Waals surface area contributed by atoms with E-state index in [1.54, 1.807) is 0 Å². The highest BCUT2D eigenvalue weighted by molar-refractivity contribution is 7.93. The van der Waals surface area contributed by atoms with Crippen LogP contribution >= 0.6 is 0 Å². The van der Waals surface area contributed by atoms with Crippen molar-refractivity contribution in [2.75, 3.05) is 26.3 Å². The van der Waals surface area contributed by atoms with E-state index in [9.17, 15) is 22.8 Å². The molecule has 28 heavy (non-hydrogen) atoms. The van der Waals surface area contributed by atoms with E-state index in [0.717, 1.165) is 10.6 Å². The van der Waals surface area contributed by atoms with Gasteiger partial charge >= 0.3 is 5.97 Å². The van der Waals surface area contributed by atoms with E-state index in [2.05, 4.69) is 0 Å². The molecule has 0 bridgehead atoms. The van der Waals surface area contributed by atoms with Crippen LogP contribution in [0.3, 0.4) is 0 Å². The van der Waals surface area contributed by atoms with Crippen molar-refractivity contribution in [1.29, 1.82) is 0 Å². The topological polar surface area (TPSA) is 123 Å². The van der Waals surface area contributed by atoms with Gasteiger partial charge in [-0.1, -0.05) is 0 Å². The fourth-order valence-corrected chi connectivity index (χ4v) is 6.67. The summed E-state index contributed by atoms with van der Waals surface area (Å²) in [5, 5.41) is 8.64. The van der Waals surface area contributed by atoms with Crippen LogP contribution in [0.15, 0.2) is 16.9 Å². The largest absolute Gasteiger partial charge is 0.477 e. The first-order valence-electron chi connectivity index (χ1n) is 9.34. The van der Waals surface area contributed by atoms with Gasteiger partial charge in [0.1, 0.15) is 11.3 Å². The van der Waals surface area contributed by atoms with Crippen LogP contribution in [0.25, 0.3) is 0 Å². The quantitative estimate of drug-likeness (QED) is 0.732. The Morgan fingerprint density at radius 2 is 1.86 bits per heavy atom. The van der Waals surface area contributed by atoms with E-state index in [4.69, 9.17) is 9.84 Å². The molecule has 3 heterocycles. The van der Waals surface area contributed by atoms with Crippen molar-refractivity contribution in [1.82, 2.24) is 9.47 Å². The highest BCUT2D eigenvalue weighted by Gasteiger charge is 2.58. The van der Waals surface area contributed by atoms with Crippen molar-refractivity contribution in [3.63, 3.8) is 0 Å². The number of nitrogens with zero attached hydrogens (tertiary/aromatic N) is 2. The Labute approximate surface area is 161 Å². The summed E-state index contributed by atoms with van der Waals surface area (Å²) in [6.07, 6.45) is 2.02. The second-order valence-corrected chi connectivity index (χ2v) is 10.3. The number of aromatic carboxylic acids is 1. The molecule has 1 N–H and O–H groups in total. The predicted octanol–water partition coefficient (Wildman–Crippen LogP) is 0.129. The zero-order chi connectivity index (χ0) is 20.1. The molecule has 3 aliphatic rings. The first-order chi connectivity index (χ1) is 13.3. The molecule has 1 amide bonds. The molecule has 10 heteroatoms. The molecular formula is C18H22N2O7S. The van der Waals surface area contributed by atoms with Crippen LogP contribution < -0.4 is 5.56 Å². The van der Waals surface area contributed by atoms with E-state index < -0.39 is 37.3 Å². The van der Waals surface area contributed by atoms with Gasteiger partial charge in [0.25, 0.3) is 11.5 Å². The molecule has 2 fully saturated rings. The third kappa shape index (κ3) is 2.95. The van der Waals surface area contributed by atoms with E-state index in [1.807, 2.05) is 0 Å². The minimum Gasteiger partial charge on any atom is -0.477 e. The van der Waals surface area contributed by atoms with Gasteiger partial charge in [0.2, 0.25) is 0 Å². The molecule has 0 spiro atoms. The van der Waals surface area contributed by atoms with Gasteiger partial charge in [0.15, 0.2) is 9.84 Å². The zero-order valence-corrected chi connectivity index (χ0v) is 16.1. The summed E-state index contributed by atoms with van der Waals surface area (Å²) in [7, 11) is -3.40. The maximum atomic E-state index is 13.2. The Balaban J connectivity index is 1.57. The van der Waals surface area contributed by atoms with Crippen LogP contribution in [0.1, 0.15) is 46.5 Å². The molecule has 0 radical (unpaired) electrons. The third-order valence-electron chi connectivity index (χ3n) is 6.00. The van der Waals surface area contributed by atoms with Gasteiger partial charge in [-0.3, -0.25) is 9.59 Å². The summed E-state index contributed by atoms with van der Waals surface area (Å²) in [5.41, 5.74) is -1.000. The average molecular weight is 410 g/mol. The van der Waals surface area contributed by atoms with Crippen LogP contribution in [0, 0.1) is 0 Å². The highest BCUT2D eigenvalue weighted by atomic mass is 32.2. The first-order valence-corrected chi connectivity index (χ1v) is 10.9. The number of pyridine rings is 1. The van der Waals surface area contributed by atoms with Crippen LogP contribution in [-0.4, -0.2) is 71.2 Å². The molecule has 0 aromatic carbocycles. The summed E-state index contributed by atoms with van der Waals surface area (Å²) in [4.78, 5) is 37.7. The standard InChI is InChI=1S/C18H22N2O7S/c21-15-13(17(23)24)1-2-14-16(22)19(7-8-20(14)15)11-18(5-6-18)28(25,26)12-3-9-27-10-4-12/h1-2,12H,3-11H2,(H,23,24). The predicted molar refractivity (Wildman–Crippen MR) is 98.3 cm³/mol. The van der Waals surface area contributed by atoms with Gasteiger partial charge < -0.3 is 19.3 Å². The summed E-state index contributed by atoms with van der Waals surface area (Å²) < 4.78 is 31.8. The van der Waals surface area contributed by atoms with Crippen molar-refractivity contribution in [2.24, 2.45) is 0 Å². The number of carboxylic acid groups (broad SMARTS) is 1. The molecule has 4 rings (SSSR count). The van der Waals surface area contributed by atoms with Crippen LogP contribution in [0.4, 0.5) is 0 Å². The van der Waals surface area contributed by atoms with Gasteiger partial charge in [-0.05, 0) is 37.8 Å². The minimum absolute atomic E-state index is 0.0977. The zero-order valence-electron chi connectivity index (χ0n) is 15.3. The molecule has 0 unspecified atom stereocenters. The maximum absolute atomic E-state index is 13.2. The van der Waals surface area contributed by atoms with E-state index in [0.29, 0.717) is 38.9 Å². The number of hydrogen-bond donors (Lipinski definition) is 1. The SMILES string of the molecule is O=C(O)c1ccc2n(c1=O)CCN(CC1(S(=O)(=O)C3CCOCC3)CC1)C2=O. The van der Waals surface area contributed by atoms with Crippen molar-refractivity contribution in [2.45, 2.75) is 42.2 Å². The lowest BCUT2D eigenvalue weighted by Gasteiger charge is -2.34. The summed E-state index contributed by atoms with van der Waals surface area (Å²) in [6.45, 7) is 1.31. The number of aromatic nitrogens is 1. The molecule has 9 nitrogen and oxygen atoms in total. The number of sulfone groups is 1. The molecule has 152 valence electrons. The number of hydrogen-bond acceptors (Lipinski definition) is 6. The molecule has 2 aliphatic heterocycles. The molecule has 1 aromatic rings. The second-order valence-electron chi connectivity index (χ2n) is 7.66. The summed E-state index contributed by atoms with van der Waals surface area (Å²) >= 11 is 0. The van der Waals surface area contributed by atoms with Crippen LogP contribution in [-0.2, 0) is 21.1 Å². The minimum atomic E-state index is -3.40. The lowest BCUT2D eigenvalue weighted by atomic mass is 10.1.